The van der Waals surface area contributed by atoms with Gasteiger partial charge in [0.15, 0.2) is 0 Å². The standard InChI is InChI=1S/C16H27NO2/c1-4-17-12-5-6-14(2)19-16-9-7-15(8-10-16)11-13-18-3/h7-10,14,17H,4-6,11-13H2,1-3H3. The van der Waals surface area contributed by atoms with Crippen LogP contribution in [0, 0.1) is 0 Å². The molecule has 1 atom stereocenters. The van der Waals surface area contributed by atoms with E-state index < -0.39 is 0 Å². The van der Waals surface area contributed by atoms with Gasteiger partial charge < -0.3 is 14.8 Å². The fourth-order valence-electron chi connectivity index (χ4n) is 1.94. The fraction of sp³-hybridized carbons (Fsp3) is 0.625. The van der Waals surface area contributed by atoms with Crippen LogP contribution in [-0.2, 0) is 11.2 Å². The molecule has 0 radical (unpaired) electrons. The van der Waals surface area contributed by atoms with Crippen molar-refractivity contribution >= 4 is 0 Å². The summed E-state index contributed by atoms with van der Waals surface area (Å²) >= 11 is 0. The Bertz CT molecular complexity index is 324. The quantitative estimate of drug-likeness (QED) is 0.660. The van der Waals surface area contributed by atoms with E-state index in [0.29, 0.717) is 0 Å². The highest BCUT2D eigenvalue weighted by atomic mass is 16.5. The van der Waals surface area contributed by atoms with E-state index in [1.54, 1.807) is 7.11 Å². The minimum atomic E-state index is 0.267. The average molecular weight is 265 g/mol. The second kappa shape index (κ2) is 9.82. The summed E-state index contributed by atoms with van der Waals surface area (Å²) in [6.45, 7) is 7.13. The third-order valence-electron chi connectivity index (χ3n) is 3.07. The lowest BCUT2D eigenvalue weighted by atomic mass is 10.1. The summed E-state index contributed by atoms with van der Waals surface area (Å²) < 4.78 is 11.0. The van der Waals surface area contributed by atoms with Gasteiger partial charge in [-0.2, -0.15) is 0 Å². The van der Waals surface area contributed by atoms with E-state index in [-0.39, 0.29) is 6.10 Å². The van der Waals surface area contributed by atoms with Crippen molar-refractivity contribution in [1.82, 2.24) is 5.32 Å². The van der Waals surface area contributed by atoms with Gasteiger partial charge in [0.2, 0.25) is 0 Å². The summed E-state index contributed by atoms with van der Waals surface area (Å²) in [5, 5.41) is 3.33. The highest BCUT2D eigenvalue weighted by molar-refractivity contribution is 5.27. The smallest absolute Gasteiger partial charge is 0.119 e. The number of methoxy groups -OCH3 is 1. The van der Waals surface area contributed by atoms with Crippen molar-refractivity contribution in [3.8, 4) is 5.75 Å². The Hall–Kier alpha value is -1.06. The first-order chi connectivity index (χ1) is 9.26. The Balaban J connectivity index is 2.27. The van der Waals surface area contributed by atoms with E-state index in [2.05, 4.69) is 31.3 Å². The average Bonchev–Trinajstić information content (AvgIpc) is 2.43. The molecular weight excluding hydrogens is 238 g/mol. The van der Waals surface area contributed by atoms with Crippen LogP contribution in [0.1, 0.15) is 32.3 Å². The van der Waals surface area contributed by atoms with Crippen LogP contribution in [0.5, 0.6) is 5.75 Å². The molecule has 0 aliphatic carbocycles. The van der Waals surface area contributed by atoms with Crippen molar-refractivity contribution in [2.75, 3.05) is 26.8 Å². The molecule has 0 aromatic heterocycles. The molecule has 0 fully saturated rings. The van der Waals surface area contributed by atoms with Crippen LogP contribution in [0.3, 0.4) is 0 Å². The van der Waals surface area contributed by atoms with E-state index in [1.807, 2.05) is 12.1 Å². The largest absolute Gasteiger partial charge is 0.491 e. The third-order valence-corrected chi connectivity index (χ3v) is 3.07. The minimum absolute atomic E-state index is 0.267. The molecule has 19 heavy (non-hydrogen) atoms. The molecule has 0 amide bonds. The van der Waals surface area contributed by atoms with Crippen molar-refractivity contribution < 1.29 is 9.47 Å². The van der Waals surface area contributed by atoms with Gasteiger partial charge in [-0.1, -0.05) is 19.1 Å². The molecule has 1 aromatic carbocycles. The van der Waals surface area contributed by atoms with Crippen molar-refractivity contribution in [3.05, 3.63) is 29.8 Å². The topological polar surface area (TPSA) is 30.5 Å². The number of benzene rings is 1. The van der Waals surface area contributed by atoms with Crippen LogP contribution < -0.4 is 10.1 Å². The predicted molar refractivity (Wildman–Crippen MR) is 79.9 cm³/mol. The van der Waals surface area contributed by atoms with Gasteiger partial charge in [-0.3, -0.25) is 0 Å². The number of ether oxygens (including phenoxy) is 2. The van der Waals surface area contributed by atoms with Crippen LogP contribution >= 0.6 is 0 Å². The minimum Gasteiger partial charge on any atom is -0.491 e. The van der Waals surface area contributed by atoms with Crippen molar-refractivity contribution in [2.24, 2.45) is 0 Å². The molecule has 1 unspecified atom stereocenters. The van der Waals surface area contributed by atoms with Gasteiger partial charge in [-0.05, 0) is 57.0 Å². The summed E-state index contributed by atoms with van der Waals surface area (Å²) in [6, 6.07) is 8.32. The van der Waals surface area contributed by atoms with Crippen LogP contribution in [0.15, 0.2) is 24.3 Å². The molecule has 3 nitrogen and oxygen atoms in total. The molecular formula is C16H27NO2. The van der Waals surface area contributed by atoms with Crippen LogP contribution in [0.2, 0.25) is 0 Å². The van der Waals surface area contributed by atoms with Gasteiger partial charge in [-0.25, -0.2) is 0 Å². The van der Waals surface area contributed by atoms with Gasteiger partial charge in [-0.15, -0.1) is 0 Å². The summed E-state index contributed by atoms with van der Waals surface area (Å²) in [5.74, 6) is 0.956. The van der Waals surface area contributed by atoms with Gasteiger partial charge in [0.05, 0.1) is 12.7 Å². The van der Waals surface area contributed by atoms with E-state index in [4.69, 9.17) is 9.47 Å². The third kappa shape index (κ3) is 7.19. The van der Waals surface area contributed by atoms with Crippen LogP contribution in [0.4, 0.5) is 0 Å². The second-order valence-electron chi connectivity index (χ2n) is 4.81. The zero-order chi connectivity index (χ0) is 13.9. The zero-order valence-electron chi connectivity index (χ0n) is 12.4. The van der Waals surface area contributed by atoms with E-state index in [1.165, 1.54) is 5.56 Å². The Morgan fingerprint density at radius 1 is 1.21 bits per heavy atom. The summed E-state index contributed by atoms with van der Waals surface area (Å²) in [6.07, 6.45) is 3.46. The summed E-state index contributed by atoms with van der Waals surface area (Å²) in [4.78, 5) is 0. The first-order valence-corrected chi connectivity index (χ1v) is 7.21. The molecule has 1 N–H and O–H groups in total. The van der Waals surface area contributed by atoms with Crippen molar-refractivity contribution in [2.45, 2.75) is 39.2 Å². The van der Waals surface area contributed by atoms with Gasteiger partial charge >= 0.3 is 0 Å². The molecule has 0 aliphatic rings. The molecule has 0 bridgehead atoms. The van der Waals surface area contributed by atoms with Crippen molar-refractivity contribution in [1.29, 1.82) is 0 Å². The lowest BCUT2D eigenvalue weighted by Crippen LogP contribution is -2.18. The number of hydrogen-bond acceptors (Lipinski definition) is 3. The van der Waals surface area contributed by atoms with E-state index in [9.17, 15) is 0 Å². The maximum atomic E-state index is 5.89. The molecule has 108 valence electrons. The first-order valence-electron chi connectivity index (χ1n) is 7.21. The van der Waals surface area contributed by atoms with Crippen molar-refractivity contribution in [3.63, 3.8) is 0 Å². The van der Waals surface area contributed by atoms with E-state index >= 15 is 0 Å². The highest BCUT2D eigenvalue weighted by Crippen LogP contribution is 2.15. The Morgan fingerprint density at radius 2 is 1.95 bits per heavy atom. The number of rotatable bonds is 10. The predicted octanol–water partition coefficient (Wildman–Crippen LogP) is 3.03. The SMILES string of the molecule is CCNCCCC(C)Oc1ccc(CCOC)cc1. The normalized spacial score (nSPS) is 12.4. The highest BCUT2D eigenvalue weighted by Gasteiger charge is 2.03. The summed E-state index contributed by atoms with van der Waals surface area (Å²) in [5.41, 5.74) is 1.29. The Kier molecular flexibility index (Phi) is 8.26. The van der Waals surface area contributed by atoms with Crippen LogP contribution in [0.25, 0.3) is 0 Å². The fourth-order valence-corrected chi connectivity index (χ4v) is 1.94. The Morgan fingerprint density at radius 3 is 2.58 bits per heavy atom. The second-order valence-corrected chi connectivity index (χ2v) is 4.81. The first kappa shape index (κ1) is 16.0. The molecule has 1 aromatic rings. The van der Waals surface area contributed by atoms with Gasteiger partial charge in [0.1, 0.15) is 5.75 Å². The maximum absolute atomic E-state index is 5.89. The lowest BCUT2D eigenvalue weighted by molar-refractivity contribution is 0.201. The molecule has 3 heteroatoms. The summed E-state index contributed by atoms with van der Waals surface area (Å²) in [7, 11) is 1.73. The molecule has 0 saturated heterocycles. The molecule has 0 heterocycles. The molecule has 0 aliphatic heterocycles. The van der Waals surface area contributed by atoms with E-state index in [0.717, 1.165) is 44.7 Å². The van der Waals surface area contributed by atoms with Crippen LogP contribution in [-0.4, -0.2) is 32.9 Å². The number of hydrogen-bond donors (Lipinski definition) is 1. The lowest BCUT2D eigenvalue weighted by Gasteiger charge is -2.15. The van der Waals surface area contributed by atoms with Gasteiger partial charge in [0.25, 0.3) is 0 Å². The molecule has 1 rings (SSSR count). The zero-order valence-corrected chi connectivity index (χ0v) is 12.4. The number of nitrogens with one attached hydrogen (secondary N) is 1. The molecule has 0 saturated carbocycles. The monoisotopic (exact) mass is 265 g/mol. The Labute approximate surface area is 117 Å². The van der Waals surface area contributed by atoms with Gasteiger partial charge in [0, 0.05) is 7.11 Å². The maximum Gasteiger partial charge on any atom is 0.119 e. The molecule has 0 spiro atoms.